The van der Waals surface area contributed by atoms with Gasteiger partial charge in [0.25, 0.3) is 0 Å². The number of aromatic nitrogens is 1. The van der Waals surface area contributed by atoms with E-state index >= 15 is 0 Å². The third-order valence-corrected chi connectivity index (χ3v) is 5.21. The van der Waals surface area contributed by atoms with E-state index < -0.39 is 15.8 Å². The predicted octanol–water partition coefficient (Wildman–Crippen LogP) is 3.88. The summed E-state index contributed by atoms with van der Waals surface area (Å²) in [6.07, 6.45) is 6.62. The summed E-state index contributed by atoms with van der Waals surface area (Å²) in [4.78, 5) is 4.19. The largest absolute Gasteiger partial charge is 0.264 e. The molecule has 3 rings (SSSR count). The zero-order valence-electron chi connectivity index (χ0n) is 12.0. The van der Waals surface area contributed by atoms with Crippen molar-refractivity contribution in [2.45, 2.75) is 24.2 Å². The van der Waals surface area contributed by atoms with Gasteiger partial charge in [0.15, 0.2) is 6.01 Å². The van der Waals surface area contributed by atoms with Crippen LogP contribution in [0.3, 0.4) is 0 Å². The molecule has 22 heavy (non-hydrogen) atoms. The van der Waals surface area contributed by atoms with Crippen LogP contribution in [-0.2, 0) is 9.84 Å². The van der Waals surface area contributed by atoms with E-state index in [9.17, 15) is 12.8 Å². The fourth-order valence-electron chi connectivity index (χ4n) is 2.85. The van der Waals surface area contributed by atoms with Crippen molar-refractivity contribution in [2.24, 2.45) is 0 Å². The maximum absolute atomic E-state index is 12.5. The summed E-state index contributed by atoms with van der Waals surface area (Å²) in [6, 6.07) is 9.08. The average Bonchev–Trinajstić information content (AvgIpc) is 3.05. The third kappa shape index (κ3) is 2.81. The maximum Gasteiger partial charge on any atom is 0.207 e. The minimum Gasteiger partial charge on any atom is -0.264 e. The van der Waals surface area contributed by atoms with Crippen LogP contribution in [0.4, 0.5) is 4.39 Å². The Bertz CT molecular complexity index is 796. The molecule has 0 unspecified atom stereocenters. The number of halogens is 1. The van der Waals surface area contributed by atoms with Crippen LogP contribution in [0, 0.1) is 0 Å². The number of nitrogens with zero attached hydrogens (tertiary/aromatic N) is 1. The van der Waals surface area contributed by atoms with Gasteiger partial charge >= 0.3 is 0 Å². The van der Waals surface area contributed by atoms with Crippen LogP contribution in [0.5, 0.6) is 0 Å². The third-order valence-electron chi connectivity index (χ3n) is 3.93. The molecular weight excluding hydrogens is 301 g/mol. The molecule has 1 aliphatic carbocycles. The van der Waals surface area contributed by atoms with Crippen LogP contribution >= 0.6 is 0 Å². The highest BCUT2D eigenvalue weighted by molar-refractivity contribution is 7.91. The zero-order valence-corrected chi connectivity index (χ0v) is 12.8. The first-order chi connectivity index (χ1) is 10.6. The van der Waals surface area contributed by atoms with Gasteiger partial charge in [-0.25, -0.2) is 12.8 Å². The molecule has 1 heterocycles. The summed E-state index contributed by atoms with van der Waals surface area (Å²) in [6.45, 7) is 0. The Morgan fingerprint density at radius 1 is 1.00 bits per heavy atom. The van der Waals surface area contributed by atoms with Gasteiger partial charge < -0.3 is 0 Å². The van der Waals surface area contributed by atoms with Crippen molar-refractivity contribution in [3.05, 3.63) is 59.9 Å². The highest BCUT2D eigenvalue weighted by Crippen LogP contribution is 2.39. The SMILES string of the molecule is O=S(=O)(CF)c1ccc(C2=C(c3cccnc3)CCC2)cc1. The number of sulfone groups is 1. The van der Waals surface area contributed by atoms with E-state index in [1.807, 2.05) is 18.3 Å². The summed E-state index contributed by atoms with van der Waals surface area (Å²) in [7, 11) is -3.80. The molecule has 0 amide bonds. The topological polar surface area (TPSA) is 47.0 Å². The molecule has 0 N–H and O–H groups in total. The molecule has 0 aliphatic heterocycles. The Hall–Kier alpha value is -2.01. The quantitative estimate of drug-likeness (QED) is 0.860. The van der Waals surface area contributed by atoms with Crippen molar-refractivity contribution in [1.82, 2.24) is 4.98 Å². The number of benzene rings is 1. The van der Waals surface area contributed by atoms with E-state index in [0.717, 1.165) is 30.4 Å². The molecule has 0 saturated carbocycles. The Balaban J connectivity index is 2.00. The molecule has 0 saturated heterocycles. The van der Waals surface area contributed by atoms with Crippen molar-refractivity contribution in [3.63, 3.8) is 0 Å². The molecular formula is C17H16FNO2S. The number of alkyl halides is 1. The van der Waals surface area contributed by atoms with Gasteiger partial charge in [-0.2, -0.15) is 0 Å². The van der Waals surface area contributed by atoms with E-state index in [4.69, 9.17) is 0 Å². The van der Waals surface area contributed by atoms with E-state index in [1.165, 1.54) is 23.3 Å². The van der Waals surface area contributed by atoms with Crippen molar-refractivity contribution in [2.75, 3.05) is 6.01 Å². The van der Waals surface area contributed by atoms with E-state index in [0.29, 0.717) is 0 Å². The van der Waals surface area contributed by atoms with Gasteiger partial charge in [-0.1, -0.05) is 18.2 Å². The van der Waals surface area contributed by atoms with Crippen LogP contribution in [0.1, 0.15) is 30.4 Å². The van der Waals surface area contributed by atoms with Gasteiger partial charge in [0.1, 0.15) is 0 Å². The predicted molar refractivity (Wildman–Crippen MR) is 84.5 cm³/mol. The van der Waals surface area contributed by atoms with Crippen molar-refractivity contribution in [3.8, 4) is 0 Å². The van der Waals surface area contributed by atoms with Crippen molar-refractivity contribution >= 4 is 21.0 Å². The van der Waals surface area contributed by atoms with Gasteiger partial charge in [-0.15, -0.1) is 0 Å². The summed E-state index contributed by atoms with van der Waals surface area (Å²) in [5.41, 5.74) is 4.58. The first kappa shape index (κ1) is 14.9. The molecule has 0 atom stereocenters. The van der Waals surface area contributed by atoms with E-state index in [2.05, 4.69) is 4.98 Å². The molecule has 1 aromatic heterocycles. The van der Waals surface area contributed by atoms with Gasteiger partial charge in [0.2, 0.25) is 9.84 Å². The number of allylic oxidation sites excluding steroid dienone is 2. The Morgan fingerprint density at radius 2 is 1.68 bits per heavy atom. The van der Waals surface area contributed by atoms with Crippen molar-refractivity contribution in [1.29, 1.82) is 0 Å². The summed E-state index contributed by atoms with van der Waals surface area (Å²) in [5.74, 6) is 0. The van der Waals surface area contributed by atoms with Crippen LogP contribution in [-0.4, -0.2) is 19.4 Å². The van der Waals surface area contributed by atoms with Crippen LogP contribution < -0.4 is 0 Å². The first-order valence-electron chi connectivity index (χ1n) is 7.13. The molecule has 0 spiro atoms. The minimum atomic E-state index is -3.80. The standard InChI is InChI=1S/C17H16FNO2S/c18-12-22(20,21)15-8-6-13(7-9-15)16-4-1-5-17(16)14-3-2-10-19-11-14/h2-3,6-11H,1,4-5,12H2. The second kappa shape index (κ2) is 6.01. The van der Waals surface area contributed by atoms with E-state index in [1.54, 1.807) is 18.3 Å². The molecule has 114 valence electrons. The molecule has 2 aromatic rings. The lowest BCUT2D eigenvalue weighted by atomic mass is 9.98. The highest BCUT2D eigenvalue weighted by Gasteiger charge is 2.19. The average molecular weight is 317 g/mol. The summed E-state index contributed by atoms with van der Waals surface area (Å²) < 4.78 is 35.6. The molecule has 1 aromatic carbocycles. The Kier molecular flexibility index (Phi) is 4.07. The van der Waals surface area contributed by atoms with E-state index in [-0.39, 0.29) is 4.90 Å². The highest BCUT2D eigenvalue weighted by atomic mass is 32.2. The monoisotopic (exact) mass is 317 g/mol. The van der Waals surface area contributed by atoms with Gasteiger partial charge in [0.05, 0.1) is 4.90 Å². The molecule has 5 heteroatoms. The molecule has 1 aliphatic rings. The maximum atomic E-state index is 12.5. The second-order valence-electron chi connectivity index (χ2n) is 5.30. The normalized spacial score (nSPS) is 15.3. The zero-order chi connectivity index (χ0) is 15.6. The minimum absolute atomic E-state index is 0.0280. The van der Waals surface area contributed by atoms with Crippen LogP contribution in [0.2, 0.25) is 0 Å². The van der Waals surface area contributed by atoms with Crippen LogP contribution in [0.15, 0.2) is 53.7 Å². The summed E-state index contributed by atoms with van der Waals surface area (Å²) >= 11 is 0. The van der Waals surface area contributed by atoms with Crippen molar-refractivity contribution < 1.29 is 12.8 Å². The van der Waals surface area contributed by atoms with Crippen LogP contribution in [0.25, 0.3) is 11.1 Å². The fraction of sp³-hybridized carbons (Fsp3) is 0.235. The summed E-state index contributed by atoms with van der Waals surface area (Å²) in [5, 5.41) is 0. The molecule has 0 radical (unpaired) electrons. The lowest BCUT2D eigenvalue weighted by Crippen LogP contribution is -2.02. The van der Waals surface area contributed by atoms with Gasteiger partial charge in [0, 0.05) is 12.4 Å². The molecule has 0 fully saturated rings. The molecule has 0 bridgehead atoms. The number of rotatable bonds is 4. The number of pyridine rings is 1. The second-order valence-corrected chi connectivity index (χ2v) is 7.22. The van der Waals surface area contributed by atoms with Gasteiger partial charge in [-0.3, -0.25) is 4.98 Å². The molecule has 3 nitrogen and oxygen atoms in total. The first-order valence-corrected chi connectivity index (χ1v) is 8.78. The number of hydrogen-bond donors (Lipinski definition) is 0. The lowest BCUT2D eigenvalue weighted by molar-refractivity contribution is 0.534. The Labute approximate surface area is 129 Å². The lowest BCUT2D eigenvalue weighted by Gasteiger charge is -2.09. The van der Waals surface area contributed by atoms with Gasteiger partial charge in [-0.05, 0) is 59.7 Å². The smallest absolute Gasteiger partial charge is 0.207 e. The number of hydrogen-bond acceptors (Lipinski definition) is 3. The Morgan fingerprint density at radius 3 is 2.27 bits per heavy atom. The fourth-order valence-corrected chi connectivity index (χ4v) is 3.53.